The van der Waals surface area contributed by atoms with Crippen LogP contribution in [0, 0.1) is 0 Å². The smallest absolute Gasteiger partial charge is 0.186 e. The fourth-order valence-corrected chi connectivity index (χ4v) is 4.12. The van der Waals surface area contributed by atoms with Crippen LogP contribution in [0.3, 0.4) is 0 Å². The first-order chi connectivity index (χ1) is 9.02. The first-order valence-corrected chi connectivity index (χ1v) is 7.76. The lowest BCUT2D eigenvalue weighted by Crippen LogP contribution is -2.45. The van der Waals surface area contributed by atoms with Gasteiger partial charge in [0, 0.05) is 18.1 Å². The molecule has 0 spiro atoms. The molecule has 1 aromatic carbocycles. The Labute approximate surface area is 126 Å². The van der Waals surface area contributed by atoms with E-state index in [9.17, 15) is 0 Å². The number of morpholine rings is 1. The monoisotopic (exact) mass is 316 g/mol. The van der Waals surface area contributed by atoms with E-state index < -0.39 is 0 Å². The van der Waals surface area contributed by atoms with Gasteiger partial charge in [-0.1, -0.05) is 34.5 Å². The topological polar surface area (TPSA) is 25.4 Å². The van der Waals surface area contributed by atoms with E-state index in [4.69, 9.17) is 27.9 Å². The highest BCUT2D eigenvalue weighted by Crippen LogP contribution is 2.36. The summed E-state index contributed by atoms with van der Waals surface area (Å²) in [6.45, 7) is 5.88. The molecule has 1 fully saturated rings. The normalized spacial score (nSPS) is 24.1. The zero-order valence-corrected chi connectivity index (χ0v) is 13.0. The van der Waals surface area contributed by atoms with Crippen molar-refractivity contribution in [2.75, 3.05) is 18.0 Å². The molecule has 3 nitrogen and oxygen atoms in total. The van der Waals surface area contributed by atoms with Gasteiger partial charge in [0.25, 0.3) is 0 Å². The average Bonchev–Trinajstić information content (AvgIpc) is 2.71. The van der Waals surface area contributed by atoms with Gasteiger partial charge in [0.1, 0.15) is 5.52 Å². The summed E-state index contributed by atoms with van der Waals surface area (Å²) < 4.78 is 6.77. The number of fused-ring (bicyclic) bond motifs is 1. The third kappa shape index (κ3) is 2.68. The number of anilines is 1. The van der Waals surface area contributed by atoms with Crippen LogP contribution < -0.4 is 4.90 Å². The number of hydrogen-bond acceptors (Lipinski definition) is 4. The molecular formula is C13H14Cl2N2OS. The van der Waals surface area contributed by atoms with E-state index in [1.54, 1.807) is 17.4 Å². The summed E-state index contributed by atoms with van der Waals surface area (Å²) in [5.41, 5.74) is 0.831. The summed E-state index contributed by atoms with van der Waals surface area (Å²) >= 11 is 13.8. The Balaban J connectivity index is 1.99. The van der Waals surface area contributed by atoms with E-state index in [0.29, 0.717) is 10.0 Å². The molecule has 0 bridgehead atoms. The van der Waals surface area contributed by atoms with Gasteiger partial charge in [-0.2, -0.15) is 0 Å². The minimum atomic E-state index is 0.217. The summed E-state index contributed by atoms with van der Waals surface area (Å²) in [4.78, 5) is 6.90. The van der Waals surface area contributed by atoms with Crippen LogP contribution in [0.4, 0.5) is 5.13 Å². The first kappa shape index (κ1) is 13.4. The molecule has 1 aliphatic rings. The van der Waals surface area contributed by atoms with Gasteiger partial charge in [0.15, 0.2) is 5.13 Å². The van der Waals surface area contributed by atoms with E-state index in [2.05, 4.69) is 23.7 Å². The molecule has 2 heterocycles. The highest BCUT2D eigenvalue weighted by molar-refractivity contribution is 7.22. The van der Waals surface area contributed by atoms with Gasteiger partial charge < -0.3 is 9.64 Å². The lowest BCUT2D eigenvalue weighted by Gasteiger charge is -2.35. The number of aromatic nitrogens is 1. The van der Waals surface area contributed by atoms with Crippen molar-refractivity contribution in [3.05, 3.63) is 22.2 Å². The number of rotatable bonds is 1. The lowest BCUT2D eigenvalue weighted by atomic mass is 10.2. The second kappa shape index (κ2) is 5.09. The van der Waals surface area contributed by atoms with Crippen molar-refractivity contribution >= 4 is 49.9 Å². The quantitative estimate of drug-likeness (QED) is 0.787. The molecule has 0 amide bonds. The van der Waals surface area contributed by atoms with E-state index in [0.717, 1.165) is 28.4 Å². The number of nitrogens with zero attached hydrogens (tertiary/aromatic N) is 2. The number of ether oxygens (including phenoxy) is 1. The molecule has 0 N–H and O–H groups in total. The van der Waals surface area contributed by atoms with Crippen molar-refractivity contribution in [1.29, 1.82) is 0 Å². The second-order valence-corrected chi connectivity index (χ2v) is 6.75. The van der Waals surface area contributed by atoms with Crippen LogP contribution in [0.2, 0.25) is 10.0 Å². The van der Waals surface area contributed by atoms with Crippen LogP contribution in [-0.4, -0.2) is 30.3 Å². The fourth-order valence-electron chi connectivity index (χ4n) is 2.41. The Kier molecular flexibility index (Phi) is 3.60. The maximum atomic E-state index is 6.19. The molecule has 0 aliphatic carbocycles. The maximum Gasteiger partial charge on any atom is 0.186 e. The van der Waals surface area contributed by atoms with Crippen molar-refractivity contribution in [3.8, 4) is 0 Å². The lowest BCUT2D eigenvalue weighted by molar-refractivity contribution is -0.00521. The fraction of sp³-hybridized carbons (Fsp3) is 0.462. The number of thiazole rings is 1. The van der Waals surface area contributed by atoms with Crippen LogP contribution in [0.5, 0.6) is 0 Å². The summed E-state index contributed by atoms with van der Waals surface area (Å²) in [5, 5.41) is 2.25. The molecule has 1 saturated heterocycles. The number of benzene rings is 1. The minimum absolute atomic E-state index is 0.217. The van der Waals surface area contributed by atoms with Crippen LogP contribution >= 0.6 is 34.5 Å². The Hall–Kier alpha value is -0.550. The molecule has 102 valence electrons. The van der Waals surface area contributed by atoms with Crippen molar-refractivity contribution in [2.24, 2.45) is 0 Å². The molecular weight excluding hydrogens is 303 g/mol. The molecule has 1 aliphatic heterocycles. The predicted molar refractivity (Wildman–Crippen MR) is 81.9 cm³/mol. The zero-order chi connectivity index (χ0) is 13.6. The van der Waals surface area contributed by atoms with Crippen molar-refractivity contribution in [1.82, 2.24) is 4.98 Å². The number of halogens is 2. The van der Waals surface area contributed by atoms with E-state index in [1.165, 1.54) is 0 Å². The van der Waals surface area contributed by atoms with Gasteiger partial charge in [0.2, 0.25) is 0 Å². The summed E-state index contributed by atoms with van der Waals surface area (Å²) in [7, 11) is 0. The Morgan fingerprint density at radius 2 is 1.95 bits per heavy atom. The highest BCUT2D eigenvalue weighted by Gasteiger charge is 2.24. The van der Waals surface area contributed by atoms with Crippen molar-refractivity contribution in [3.63, 3.8) is 0 Å². The minimum Gasteiger partial charge on any atom is -0.372 e. The molecule has 6 heteroatoms. The first-order valence-electron chi connectivity index (χ1n) is 6.19. The van der Waals surface area contributed by atoms with Crippen molar-refractivity contribution in [2.45, 2.75) is 26.1 Å². The summed E-state index contributed by atoms with van der Waals surface area (Å²) in [6.07, 6.45) is 0.435. The van der Waals surface area contributed by atoms with Crippen molar-refractivity contribution < 1.29 is 4.74 Å². The van der Waals surface area contributed by atoms with Gasteiger partial charge in [-0.25, -0.2) is 4.98 Å². The molecule has 3 rings (SSSR count). The predicted octanol–water partition coefficient (Wildman–Crippen LogP) is 4.22. The van der Waals surface area contributed by atoms with Gasteiger partial charge in [-0.15, -0.1) is 0 Å². The van der Waals surface area contributed by atoms with Gasteiger partial charge in [-0.3, -0.25) is 0 Å². The molecule has 0 unspecified atom stereocenters. The molecule has 0 radical (unpaired) electrons. The molecule has 2 atom stereocenters. The maximum absolute atomic E-state index is 6.19. The van der Waals surface area contributed by atoms with Gasteiger partial charge in [0.05, 0.1) is 21.9 Å². The van der Waals surface area contributed by atoms with Crippen LogP contribution in [0.15, 0.2) is 12.1 Å². The third-order valence-corrected chi connectivity index (χ3v) is 4.66. The molecule has 19 heavy (non-hydrogen) atoms. The van der Waals surface area contributed by atoms with E-state index in [1.807, 2.05) is 6.07 Å². The van der Waals surface area contributed by atoms with E-state index >= 15 is 0 Å². The summed E-state index contributed by atoms with van der Waals surface area (Å²) in [6, 6.07) is 3.65. The van der Waals surface area contributed by atoms with E-state index in [-0.39, 0.29) is 12.2 Å². The zero-order valence-electron chi connectivity index (χ0n) is 10.7. The Morgan fingerprint density at radius 3 is 2.63 bits per heavy atom. The summed E-state index contributed by atoms with van der Waals surface area (Å²) in [5.74, 6) is 0. The average molecular weight is 317 g/mol. The molecule has 0 saturated carbocycles. The van der Waals surface area contributed by atoms with Crippen LogP contribution in [0.1, 0.15) is 13.8 Å². The van der Waals surface area contributed by atoms with Gasteiger partial charge >= 0.3 is 0 Å². The number of hydrogen-bond donors (Lipinski definition) is 0. The Bertz CT molecular complexity index is 606. The molecule has 2 aromatic rings. The van der Waals surface area contributed by atoms with Crippen LogP contribution in [0.25, 0.3) is 10.2 Å². The highest BCUT2D eigenvalue weighted by atomic mass is 35.5. The second-order valence-electron chi connectivity index (χ2n) is 4.89. The van der Waals surface area contributed by atoms with Crippen LogP contribution in [-0.2, 0) is 4.74 Å². The standard InChI is InChI=1S/C13H14Cl2N2OS/c1-7-5-17(6-8(2)18-7)13-16-12-10(15)3-9(14)4-11(12)19-13/h3-4,7-8H,5-6H2,1-2H3/t7-,8-/m0/s1. The Morgan fingerprint density at radius 1 is 1.26 bits per heavy atom. The SMILES string of the molecule is C[C@H]1CN(c2nc3c(Cl)cc(Cl)cc3s2)C[C@H](C)O1. The molecule has 1 aromatic heterocycles. The largest absolute Gasteiger partial charge is 0.372 e. The van der Waals surface area contributed by atoms with Gasteiger partial charge in [-0.05, 0) is 26.0 Å². The third-order valence-electron chi connectivity index (χ3n) is 3.09.